The van der Waals surface area contributed by atoms with E-state index in [0.717, 1.165) is 50.4 Å². The maximum absolute atomic E-state index is 12.2. The Bertz CT molecular complexity index is 633. The van der Waals surface area contributed by atoms with Crippen molar-refractivity contribution in [2.45, 2.75) is 39.7 Å². The maximum Gasteiger partial charge on any atom is 0.234 e. The molecule has 2 rings (SSSR count). The lowest BCUT2D eigenvalue weighted by atomic mass is 10.0. The molecule has 0 atom stereocenters. The van der Waals surface area contributed by atoms with Gasteiger partial charge >= 0.3 is 0 Å². The second-order valence-corrected chi connectivity index (χ2v) is 6.34. The summed E-state index contributed by atoms with van der Waals surface area (Å²) in [5.41, 5.74) is 1.72. The Hall–Kier alpha value is -2.28. The van der Waals surface area contributed by atoms with Gasteiger partial charge in [0.05, 0.1) is 12.2 Å². The standard InChI is InChI=1S/C19H30N6O/c1-5-21-19-18(20-4)16(8-11-22-19)25-12-9-15(10-13-25)23-17(26)14-24(6-2)7-3/h5,8,11,15H,4,6-7,9-10,12-14H2,1-3H3,(H,23,26). The van der Waals surface area contributed by atoms with Crippen LogP contribution in [0, 0.1) is 0 Å². The van der Waals surface area contributed by atoms with Gasteiger partial charge in [0.2, 0.25) is 5.91 Å². The number of piperidine rings is 1. The first-order chi connectivity index (χ1) is 12.6. The zero-order valence-electron chi connectivity index (χ0n) is 16.1. The molecule has 1 N–H and O–H groups in total. The number of nitrogens with zero attached hydrogens (tertiary/aromatic N) is 5. The second kappa shape index (κ2) is 10.0. The number of amides is 1. The average molecular weight is 358 g/mol. The summed E-state index contributed by atoms with van der Waals surface area (Å²) >= 11 is 0. The molecule has 0 unspecified atom stereocenters. The molecule has 0 aliphatic carbocycles. The lowest BCUT2D eigenvalue weighted by molar-refractivity contribution is -0.123. The van der Waals surface area contributed by atoms with Gasteiger partial charge in [-0.1, -0.05) is 13.8 Å². The van der Waals surface area contributed by atoms with E-state index in [1.807, 2.05) is 13.0 Å². The van der Waals surface area contributed by atoms with Gasteiger partial charge in [-0.2, -0.15) is 0 Å². The van der Waals surface area contributed by atoms with Gasteiger partial charge < -0.3 is 10.2 Å². The Morgan fingerprint density at radius 2 is 2.12 bits per heavy atom. The molecule has 0 radical (unpaired) electrons. The Kier molecular flexibility index (Phi) is 7.72. The van der Waals surface area contributed by atoms with Crippen LogP contribution in [0.15, 0.2) is 22.2 Å². The fourth-order valence-corrected chi connectivity index (χ4v) is 3.25. The molecule has 0 aromatic carbocycles. The summed E-state index contributed by atoms with van der Waals surface area (Å²) in [6.07, 6.45) is 5.29. The van der Waals surface area contributed by atoms with Crippen LogP contribution >= 0.6 is 0 Å². The average Bonchev–Trinajstić information content (AvgIpc) is 2.66. The molecule has 1 amide bonds. The van der Waals surface area contributed by atoms with Crippen molar-refractivity contribution < 1.29 is 4.79 Å². The molecule has 1 aromatic heterocycles. The van der Waals surface area contributed by atoms with E-state index in [1.54, 1.807) is 12.4 Å². The lowest BCUT2D eigenvalue weighted by Crippen LogP contribution is -2.47. The number of pyridine rings is 1. The molecule has 7 heteroatoms. The van der Waals surface area contributed by atoms with Crippen molar-refractivity contribution in [3.05, 3.63) is 12.3 Å². The van der Waals surface area contributed by atoms with Gasteiger partial charge in [-0.05, 0) is 45.6 Å². The highest BCUT2D eigenvalue weighted by molar-refractivity contribution is 5.80. The molecule has 1 fully saturated rings. The molecule has 2 heterocycles. The van der Waals surface area contributed by atoms with E-state index in [1.165, 1.54) is 0 Å². The Morgan fingerprint density at radius 1 is 1.42 bits per heavy atom. The third-order valence-electron chi connectivity index (χ3n) is 4.76. The normalized spacial score (nSPS) is 15.6. The van der Waals surface area contributed by atoms with Crippen LogP contribution in [0.2, 0.25) is 0 Å². The van der Waals surface area contributed by atoms with Gasteiger partial charge in [-0.25, -0.2) is 9.98 Å². The topological polar surface area (TPSA) is 73.2 Å². The highest BCUT2D eigenvalue weighted by Gasteiger charge is 2.23. The second-order valence-electron chi connectivity index (χ2n) is 6.34. The van der Waals surface area contributed by atoms with E-state index in [4.69, 9.17) is 0 Å². The van der Waals surface area contributed by atoms with Crippen molar-refractivity contribution in [3.63, 3.8) is 0 Å². The number of carbonyl (C=O) groups is 1. The Morgan fingerprint density at radius 3 is 2.69 bits per heavy atom. The fraction of sp³-hybridized carbons (Fsp3) is 0.579. The van der Waals surface area contributed by atoms with E-state index in [0.29, 0.717) is 12.4 Å². The maximum atomic E-state index is 12.2. The van der Waals surface area contributed by atoms with Crippen LogP contribution in [0.4, 0.5) is 17.2 Å². The van der Waals surface area contributed by atoms with Crippen molar-refractivity contribution in [3.8, 4) is 0 Å². The number of nitrogens with one attached hydrogen (secondary N) is 1. The third kappa shape index (κ3) is 5.11. The number of aromatic nitrogens is 1. The molecule has 1 saturated heterocycles. The highest BCUT2D eigenvalue weighted by Crippen LogP contribution is 2.36. The van der Waals surface area contributed by atoms with E-state index in [-0.39, 0.29) is 11.9 Å². The number of aliphatic imine (C=N–C) groups is 2. The molecular formula is C19H30N6O. The SMILES string of the molecule is C=Nc1c(N2CCC(NC(=O)CN(CC)CC)CC2)ccnc1N=CC. The number of carbonyl (C=O) groups excluding carboxylic acids is 1. The lowest BCUT2D eigenvalue weighted by Gasteiger charge is -2.34. The van der Waals surface area contributed by atoms with Crippen LogP contribution < -0.4 is 10.2 Å². The predicted molar refractivity (Wildman–Crippen MR) is 108 cm³/mol. The molecule has 0 bridgehead atoms. The third-order valence-corrected chi connectivity index (χ3v) is 4.76. The van der Waals surface area contributed by atoms with Crippen LogP contribution in [0.5, 0.6) is 0 Å². The molecule has 0 spiro atoms. The molecule has 1 aliphatic rings. The molecule has 0 saturated carbocycles. The molecular weight excluding hydrogens is 328 g/mol. The minimum Gasteiger partial charge on any atom is -0.369 e. The number of hydrogen-bond acceptors (Lipinski definition) is 6. The molecule has 1 aliphatic heterocycles. The van der Waals surface area contributed by atoms with Crippen molar-refractivity contribution in [1.82, 2.24) is 15.2 Å². The van der Waals surface area contributed by atoms with Gasteiger partial charge in [0.25, 0.3) is 0 Å². The monoisotopic (exact) mass is 358 g/mol. The molecule has 26 heavy (non-hydrogen) atoms. The van der Waals surface area contributed by atoms with E-state index >= 15 is 0 Å². The summed E-state index contributed by atoms with van der Waals surface area (Å²) < 4.78 is 0. The summed E-state index contributed by atoms with van der Waals surface area (Å²) in [6, 6.07) is 2.18. The van der Waals surface area contributed by atoms with Crippen molar-refractivity contribution in [2.75, 3.05) is 37.6 Å². The van der Waals surface area contributed by atoms with Gasteiger partial charge in [-0.3, -0.25) is 14.7 Å². The molecule has 142 valence electrons. The van der Waals surface area contributed by atoms with Gasteiger partial charge in [0, 0.05) is 31.5 Å². The number of likely N-dealkylation sites (N-methyl/N-ethyl adjacent to an activating group) is 1. The summed E-state index contributed by atoms with van der Waals surface area (Å²) in [7, 11) is 0. The first-order valence-corrected chi connectivity index (χ1v) is 9.33. The van der Waals surface area contributed by atoms with Crippen molar-refractivity contribution in [1.29, 1.82) is 0 Å². The largest absolute Gasteiger partial charge is 0.369 e. The van der Waals surface area contributed by atoms with Crippen molar-refractivity contribution >= 4 is 36.0 Å². The number of anilines is 1. The van der Waals surface area contributed by atoms with E-state index < -0.39 is 0 Å². The summed E-state index contributed by atoms with van der Waals surface area (Å²) in [6.45, 7) is 13.7. The zero-order chi connectivity index (χ0) is 18.9. The first-order valence-electron chi connectivity index (χ1n) is 9.33. The van der Waals surface area contributed by atoms with Crippen LogP contribution in [-0.4, -0.2) is 67.5 Å². The molecule has 1 aromatic rings. The van der Waals surface area contributed by atoms with Crippen LogP contribution in [0.3, 0.4) is 0 Å². The quantitative estimate of drug-likeness (QED) is 0.725. The minimum atomic E-state index is 0.115. The smallest absolute Gasteiger partial charge is 0.234 e. The fourth-order valence-electron chi connectivity index (χ4n) is 3.25. The van der Waals surface area contributed by atoms with Crippen LogP contribution in [0.1, 0.15) is 33.6 Å². The van der Waals surface area contributed by atoms with E-state index in [2.05, 4.69) is 50.7 Å². The Balaban J connectivity index is 1.95. The summed E-state index contributed by atoms with van der Waals surface area (Å²) in [4.78, 5) is 29.3. The van der Waals surface area contributed by atoms with E-state index in [9.17, 15) is 4.79 Å². The first kappa shape index (κ1) is 20.0. The predicted octanol–water partition coefficient (Wildman–Crippen LogP) is 2.56. The van der Waals surface area contributed by atoms with Crippen LogP contribution in [-0.2, 0) is 4.79 Å². The van der Waals surface area contributed by atoms with Crippen molar-refractivity contribution in [2.24, 2.45) is 9.98 Å². The van der Waals surface area contributed by atoms with Gasteiger partial charge in [0.15, 0.2) is 5.82 Å². The number of rotatable bonds is 8. The molecule has 7 nitrogen and oxygen atoms in total. The van der Waals surface area contributed by atoms with Gasteiger partial charge in [-0.15, -0.1) is 0 Å². The Labute approximate surface area is 156 Å². The van der Waals surface area contributed by atoms with Gasteiger partial charge in [0.1, 0.15) is 5.69 Å². The summed E-state index contributed by atoms with van der Waals surface area (Å²) in [5.74, 6) is 0.707. The van der Waals surface area contributed by atoms with Crippen LogP contribution in [0.25, 0.3) is 0 Å². The minimum absolute atomic E-state index is 0.115. The highest BCUT2D eigenvalue weighted by atomic mass is 16.2. The summed E-state index contributed by atoms with van der Waals surface area (Å²) in [5, 5.41) is 3.17. The number of hydrogen-bond donors (Lipinski definition) is 1. The zero-order valence-corrected chi connectivity index (χ0v) is 16.1.